The first-order valence-corrected chi connectivity index (χ1v) is 8.47. The summed E-state index contributed by atoms with van der Waals surface area (Å²) in [6, 6.07) is 0. The Bertz CT molecular complexity index is 277. The van der Waals surface area contributed by atoms with Crippen molar-refractivity contribution in [3.63, 3.8) is 0 Å². The zero-order chi connectivity index (χ0) is 15.8. The largest absolute Gasteiger partial charge is 0.481 e. The first kappa shape index (κ1) is 20.6. The summed E-state index contributed by atoms with van der Waals surface area (Å²) in [5, 5.41) is 11.1. The van der Waals surface area contributed by atoms with E-state index in [1.807, 2.05) is 0 Å². The van der Waals surface area contributed by atoms with Crippen molar-refractivity contribution in [3.05, 3.63) is 0 Å². The SMILES string of the molecule is O=C(O)CCC(=O)NCCCOCCOCCOCCI. The first-order chi connectivity index (χ1) is 10.2. The third-order valence-corrected chi connectivity index (χ3v) is 2.76. The van der Waals surface area contributed by atoms with E-state index in [1.165, 1.54) is 0 Å². The first-order valence-electron chi connectivity index (χ1n) is 6.94. The Balaban J connectivity index is 3.12. The fourth-order valence-electron chi connectivity index (χ4n) is 1.31. The smallest absolute Gasteiger partial charge is 0.303 e. The Morgan fingerprint density at radius 1 is 0.905 bits per heavy atom. The second kappa shape index (κ2) is 15.9. The lowest BCUT2D eigenvalue weighted by molar-refractivity contribution is -0.138. The number of amides is 1. The number of aliphatic carboxylic acids is 1. The van der Waals surface area contributed by atoms with Gasteiger partial charge < -0.3 is 24.6 Å². The maximum absolute atomic E-state index is 11.2. The van der Waals surface area contributed by atoms with Crippen LogP contribution in [0.25, 0.3) is 0 Å². The summed E-state index contributed by atoms with van der Waals surface area (Å²) in [5.41, 5.74) is 0. The van der Waals surface area contributed by atoms with Gasteiger partial charge in [-0.25, -0.2) is 0 Å². The topological polar surface area (TPSA) is 94.1 Å². The number of carboxylic acids is 1. The van der Waals surface area contributed by atoms with Crippen LogP contribution in [0.2, 0.25) is 0 Å². The number of halogens is 1. The number of carboxylic acid groups (broad SMARTS) is 1. The number of nitrogens with one attached hydrogen (secondary N) is 1. The molecule has 0 atom stereocenters. The molecule has 0 aliphatic heterocycles. The summed E-state index contributed by atoms with van der Waals surface area (Å²) in [4.78, 5) is 21.4. The number of hydrogen-bond donors (Lipinski definition) is 2. The number of rotatable bonds is 15. The third kappa shape index (κ3) is 17.5. The van der Waals surface area contributed by atoms with Crippen LogP contribution in [0.3, 0.4) is 0 Å². The molecule has 2 N–H and O–H groups in total. The number of carbonyl (C=O) groups excluding carboxylic acids is 1. The van der Waals surface area contributed by atoms with Crippen LogP contribution in [0.15, 0.2) is 0 Å². The van der Waals surface area contributed by atoms with E-state index in [4.69, 9.17) is 19.3 Å². The minimum Gasteiger partial charge on any atom is -0.481 e. The van der Waals surface area contributed by atoms with Gasteiger partial charge in [0.15, 0.2) is 0 Å². The monoisotopic (exact) mass is 417 g/mol. The van der Waals surface area contributed by atoms with Crippen LogP contribution < -0.4 is 5.32 Å². The van der Waals surface area contributed by atoms with Gasteiger partial charge in [0.2, 0.25) is 5.91 Å². The molecule has 124 valence electrons. The molecule has 0 saturated carbocycles. The van der Waals surface area contributed by atoms with Crippen LogP contribution in [0, 0.1) is 0 Å². The van der Waals surface area contributed by atoms with Crippen LogP contribution >= 0.6 is 22.6 Å². The Hall–Kier alpha value is -0.450. The van der Waals surface area contributed by atoms with E-state index in [0.29, 0.717) is 46.0 Å². The van der Waals surface area contributed by atoms with Gasteiger partial charge in [-0.3, -0.25) is 9.59 Å². The van der Waals surface area contributed by atoms with Crippen LogP contribution in [0.4, 0.5) is 0 Å². The van der Waals surface area contributed by atoms with Gasteiger partial charge >= 0.3 is 5.97 Å². The van der Waals surface area contributed by atoms with Crippen LogP contribution in [0.5, 0.6) is 0 Å². The van der Waals surface area contributed by atoms with E-state index in [-0.39, 0.29) is 18.7 Å². The molecule has 0 spiro atoms. The molecule has 0 aromatic rings. The van der Waals surface area contributed by atoms with Crippen LogP contribution in [-0.2, 0) is 23.8 Å². The summed E-state index contributed by atoms with van der Waals surface area (Å²) in [6.45, 7) is 3.98. The molecule has 0 aliphatic carbocycles. The molecule has 0 saturated heterocycles. The van der Waals surface area contributed by atoms with Crippen molar-refractivity contribution in [1.82, 2.24) is 5.32 Å². The van der Waals surface area contributed by atoms with Crippen molar-refractivity contribution in [2.45, 2.75) is 19.3 Å². The van der Waals surface area contributed by atoms with Gasteiger partial charge in [-0.05, 0) is 6.42 Å². The molecule has 7 nitrogen and oxygen atoms in total. The molecule has 21 heavy (non-hydrogen) atoms. The lowest BCUT2D eigenvalue weighted by Crippen LogP contribution is -2.25. The molecule has 0 radical (unpaired) electrons. The molecular weight excluding hydrogens is 393 g/mol. The second-order valence-electron chi connectivity index (χ2n) is 4.12. The van der Waals surface area contributed by atoms with Crippen molar-refractivity contribution in [2.75, 3.05) is 50.6 Å². The Kier molecular flexibility index (Phi) is 15.6. The molecule has 0 aromatic carbocycles. The minimum atomic E-state index is -0.965. The molecule has 1 amide bonds. The van der Waals surface area contributed by atoms with Crippen molar-refractivity contribution in [2.24, 2.45) is 0 Å². The quantitative estimate of drug-likeness (QED) is 0.233. The summed E-state index contributed by atoms with van der Waals surface area (Å²) in [6.07, 6.45) is 0.572. The number of ether oxygens (including phenoxy) is 3. The van der Waals surface area contributed by atoms with Crippen molar-refractivity contribution in [1.29, 1.82) is 0 Å². The average molecular weight is 417 g/mol. The van der Waals surface area contributed by atoms with Gasteiger partial charge in [-0.15, -0.1) is 0 Å². The van der Waals surface area contributed by atoms with Gasteiger partial charge in [0, 0.05) is 24.0 Å². The molecule has 0 rings (SSSR count). The summed E-state index contributed by atoms with van der Waals surface area (Å²) in [7, 11) is 0. The van der Waals surface area contributed by atoms with Gasteiger partial charge in [-0.2, -0.15) is 0 Å². The Morgan fingerprint density at radius 3 is 2.05 bits per heavy atom. The number of carbonyl (C=O) groups is 2. The molecule has 0 bridgehead atoms. The van der Waals surface area contributed by atoms with E-state index in [2.05, 4.69) is 27.9 Å². The highest BCUT2D eigenvalue weighted by molar-refractivity contribution is 14.1. The molecular formula is C13H24INO6. The Morgan fingerprint density at radius 2 is 1.48 bits per heavy atom. The zero-order valence-electron chi connectivity index (χ0n) is 12.1. The third-order valence-electron chi connectivity index (χ3n) is 2.32. The van der Waals surface area contributed by atoms with E-state index < -0.39 is 5.97 Å². The molecule has 0 aromatic heterocycles. The maximum Gasteiger partial charge on any atom is 0.303 e. The zero-order valence-corrected chi connectivity index (χ0v) is 14.3. The molecule has 0 fully saturated rings. The fraction of sp³-hybridized carbons (Fsp3) is 0.846. The van der Waals surface area contributed by atoms with Crippen molar-refractivity contribution in [3.8, 4) is 0 Å². The number of alkyl halides is 1. The minimum absolute atomic E-state index is 0.0175. The van der Waals surface area contributed by atoms with Gasteiger partial charge in [-0.1, -0.05) is 22.6 Å². The lowest BCUT2D eigenvalue weighted by Gasteiger charge is -2.07. The van der Waals surface area contributed by atoms with Gasteiger partial charge in [0.25, 0.3) is 0 Å². The fourth-order valence-corrected chi connectivity index (χ4v) is 1.62. The molecule has 0 heterocycles. The molecule has 0 unspecified atom stereocenters. The highest BCUT2D eigenvalue weighted by Gasteiger charge is 2.03. The van der Waals surface area contributed by atoms with Gasteiger partial charge in [0.05, 0.1) is 39.5 Å². The Labute approximate surface area is 138 Å². The summed E-state index contributed by atoms with van der Waals surface area (Å²) < 4.78 is 16.9. The second-order valence-corrected chi connectivity index (χ2v) is 5.20. The van der Waals surface area contributed by atoms with E-state index in [1.54, 1.807) is 0 Å². The van der Waals surface area contributed by atoms with E-state index >= 15 is 0 Å². The van der Waals surface area contributed by atoms with Crippen molar-refractivity contribution >= 4 is 34.5 Å². The molecule has 0 aliphatic rings. The lowest BCUT2D eigenvalue weighted by atomic mass is 10.3. The summed E-state index contributed by atoms with van der Waals surface area (Å²) in [5.74, 6) is -1.21. The standard InChI is InChI=1S/C13H24INO6/c14-4-7-20-9-11-21-10-8-19-6-1-5-15-12(16)2-3-13(17)18/h1-11H2,(H,15,16)(H,17,18). The normalized spacial score (nSPS) is 10.5. The predicted octanol–water partition coefficient (Wildman–Crippen LogP) is 0.842. The average Bonchev–Trinajstić information content (AvgIpc) is 2.46. The summed E-state index contributed by atoms with van der Waals surface area (Å²) >= 11 is 2.25. The number of hydrogen-bond acceptors (Lipinski definition) is 5. The highest BCUT2D eigenvalue weighted by atomic mass is 127. The van der Waals surface area contributed by atoms with Gasteiger partial charge in [0.1, 0.15) is 0 Å². The molecule has 8 heteroatoms. The van der Waals surface area contributed by atoms with E-state index in [0.717, 1.165) is 11.0 Å². The van der Waals surface area contributed by atoms with E-state index in [9.17, 15) is 9.59 Å². The maximum atomic E-state index is 11.2. The van der Waals surface area contributed by atoms with Crippen LogP contribution in [-0.4, -0.2) is 67.6 Å². The van der Waals surface area contributed by atoms with Crippen LogP contribution in [0.1, 0.15) is 19.3 Å². The highest BCUT2D eigenvalue weighted by Crippen LogP contribution is 1.89. The predicted molar refractivity (Wildman–Crippen MR) is 85.8 cm³/mol. The van der Waals surface area contributed by atoms with Crippen molar-refractivity contribution < 1.29 is 28.9 Å².